The van der Waals surface area contributed by atoms with Crippen molar-refractivity contribution < 1.29 is 17.8 Å². The lowest BCUT2D eigenvalue weighted by Crippen LogP contribution is -2.33. The van der Waals surface area contributed by atoms with Crippen LogP contribution in [0.3, 0.4) is 0 Å². The molecule has 0 bridgehead atoms. The highest BCUT2D eigenvalue weighted by Crippen LogP contribution is 2.19. The molecule has 1 atom stereocenters. The molecule has 1 saturated heterocycles. The molecule has 2 heterocycles. The molecule has 112 valence electrons. The fourth-order valence-electron chi connectivity index (χ4n) is 2.49. The van der Waals surface area contributed by atoms with Crippen molar-refractivity contribution >= 4 is 27.0 Å². The molecule has 1 aromatic carbocycles. The summed E-state index contributed by atoms with van der Waals surface area (Å²) in [5, 5.41) is 11.9. The van der Waals surface area contributed by atoms with Gasteiger partial charge in [0.15, 0.2) is 0 Å². The zero-order valence-corrected chi connectivity index (χ0v) is 11.9. The third-order valence-corrected chi connectivity index (χ3v) is 4.91. The molecular formula is C12H14N4O4S. The lowest BCUT2D eigenvalue weighted by atomic mass is 10.1. The normalized spacial score (nSPS) is 19.6. The maximum Gasteiger partial charge on any atom is 0.224 e. The van der Waals surface area contributed by atoms with Gasteiger partial charge in [0.1, 0.15) is 16.3 Å². The standard InChI is InChI=1S/C12H14N4O4S/c13-21(18,19)9-6-11(17)16(7-9)5-4-8-2-1-3-10-12(8)15-20-14-10/h1-3,9H,4-7H2,(H2,13,18,19). The molecular weight excluding hydrogens is 296 g/mol. The predicted octanol–water partition coefficient (Wildman–Crippen LogP) is -0.345. The first kappa shape index (κ1) is 14.0. The zero-order valence-electron chi connectivity index (χ0n) is 11.1. The molecule has 0 saturated carbocycles. The van der Waals surface area contributed by atoms with Crippen LogP contribution in [-0.4, -0.2) is 47.9 Å². The summed E-state index contributed by atoms with van der Waals surface area (Å²) in [6.45, 7) is 0.557. The topological polar surface area (TPSA) is 119 Å². The van der Waals surface area contributed by atoms with Gasteiger partial charge in [-0.3, -0.25) is 4.79 Å². The van der Waals surface area contributed by atoms with Gasteiger partial charge in [-0.15, -0.1) is 0 Å². The number of hydrogen-bond donors (Lipinski definition) is 1. The molecule has 2 aromatic rings. The molecule has 0 spiro atoms. The van der Waals surface area contributed by atoms with Crippen LogP contribution in [0.4, 0.5) is 0 Å². The highest BCUT2D eigenvalue weighted by molar-refractivity contribution is 7.89. The van der Waals surface area contributed by atoms with Crippen molar-refractivity contribution in [2.45, 2.75) is 18.1 Å². The molecule has 2 N–H and O–H groups in total. The maximum atomic E-state index is 11.8. The molecule has 1 aliphatic rings. The van der Waals surface area contributed by atoms with Crippen molar-refractivity contribution in [1.29, 1.82) is 0 Å². The van der Waals surface area contributed by atoms with E-state index < -0.39 is 15.3 Å². The number of primary sulfonamides is 1. The van der Waals surface area contributed by atoms with Gasteiger partial charge in [-0.25, -0.2) is 18.2 Å². The number of sulfonamides is 1. The van der Waals surface area contributed by atoms with E-state index in [0.717, 1.165) is 5.56 Å². The molecule has 1 amide bonds. The third-order valence-electron chi connectivity index (χ3n) is 3.66. The Labute approximate surface area is 120 Å². The fraction of sp³-hybridized carbons (Fsp3) is 0.417. The largest absolute Gasteiger partial charge is 0.341 e. The monoisotopic (exact) mass is 310 g/mol. The SMILES string of the molecule is NS(=O)(=O)C1CC(=O)N(CCc2cccc3nonc23)C1. The second-order valence-electron chi connectivity index (χ2n) is 5.05. The minimum absolute atomic E-state index is 0.0471. The summed E-state index contributed by atoms with van der Waals surface area (Å²) in [5.74, 6) is -0.195. The Balaban J connectivity index is 1.71. The highest BCUT2D eigenvalue weighted by Gasteiger charge is 2.36. The Morgan fingerprint density at radius 3 is 2.90 bits per heavy atom. The van der Waals surface area contributed by atoms with E-state index in [1.54, 1.807) is 6.07 Å². The summed E-state index contributed by atoms with van der Waals surface area (Å²) < 4.78 is 27.3. The second-order valence-corrected chi connectivity index (χ2v) is 6.90. The number of aromatic nitrogens is 2. The Morgan fingerprint density at radius 2 is 2.19 bits per heavy atom. The number of hydrogen-bond acceptors (Lipinski definition) is 6. The van der Waals surface area contributed by atoms with Crippen LogP contribution in [0.25, 0.3) is 11.0 Å². The summed E-state index contributed by atoms with van der Waals surface area (Å²) in [4.78, 5) is 13.3. The van der Waals surface area contributed by atoms with Crippen molar-refractivity contribution in [3.05, 3.63) is 23.8 Å². The number of fused-ring (bicyclic) bond motifs is 1. The first-order valence-corrected chi connectivity index (χ1v) is 8.05. The molecule has 0 radical (unpaired) electrons. The van der Waals surface area contributed by atoms with Crippen LogP contribution in [0.5, 0.6) is 0 Å². The van der Waals surface area contributed by atoms with E-state index in [1.807, 2.05) is 12.1 Å². The quantitative estimate of drug-likeness (QED) is 0.824. The minimum Gasteiger partial charge on any atom is -0.341 e. The fourth-order valence-corrected chi connectivity index (χ4v) is 3.25. The smallest absolute Gasteiger partial charge is 0.224 e. The molecule has 0 aliphatic carbocycles. The first-order chi connectivity index (χ1) is 9.95. The number of nitrogens with zero attached hydrogens (tertiary/aromatic N) is 3. The van der Waals surface area contributed by atoms with Gasteiger partial charge in [0, 0.05) is 19.5 Å². The Bertz CT molecular complexity index is 785. The number of nitrogens with two attached hydrogens (primary N) is 1. The molecule has 9 heteroatoms. The van der Waals surface area contributed by atoms with Crippen molar-refractivity contribution in [2.75, 3.05) is 13.1 Å². The predicted molar refractivity (Wildman–Crippen MR) is 73.6 cm³/mol. The number of amides is 1. The number of rotatable bonds is 4. The van der Waals surface area contributed by atoms with Gasteiger partial charge in [-0.2, -0.15) is 0 Å². The molecule has 3 rings (SSSR count). The average Bonchev–Trinajstić information content (AvgIpc) is 3.02. The van der Waals surface area contributed by atoms with Crippen LogP contribution in [0.1, 0.15) is 12.0 Å². The van der Waals surface area contributed by atoms with E-state index in [1.165, 1.54) is 4.90 Å². The van der Waals surface area contributed by atoms with E-state index in [9.17, 15) is 13.2 Å². The summed E-state index contributed by atoms with van der Waals surface area (Å²) in [7, 11) is -3.68. The number of carbonyl (C=O) groups excluding carboxylic acids is 1. The maximum absolute atomic E-state index is 11.8. The lowest BCUT2D eigenvalue weighted by Gasteiger charge is -2.16. The molecule has 1 aromatic heterocycles. The van der Waals surface area contributed by atoms with Gasteiger partial charge >= 0.3 is 0 Å². The van der Waals surface area contributed by atoms with E-state index in [4.69, 9.17) is 5.14 Å². The van der Waals surface area contributed by atoms with E-state index in [-0.39, 0.29) is 18.9 Å². The summed E-state index contributed by atoms with van der Waals surface area (Å²) in [5.41, 5.74) is 2.22. The van der Waals surface area contributed by atoms with Crippen molar-refractivity contribution in [1.82, 2.24) is 15.2 Å². The van der Waals surface area contributed by atoms with Crippen LogP contribution in [0.15, 0.2) is 22.8 Å². The van der Waals surface area contributed by atoms with Crippen molar-refractivity contribution in [2.24, 2.45) is 5.14 Å². The van der Waals surface area contributed by atoms with E-state index >= 15 is 0 Å². The lowest BCUT2D eigenvalue weighted by molar-refractivity contribution is -0.127. The summed E-state index contributed by atoms with van der Waals surface area (Å²) in [6, 6.07) is 5.50. The zero-order chi connectivity index (χ0) is 15.0. The van der Waals surface area contributed by atoms with Crippen LogP contribution >= 0.6 is 0 Å². The Hall–Kier alpha value is -2.00. The molecule has 21 heavy (non-hydrogen) atoms. The van der Waals surface area contributed by atoms with Gasteiger partial charge in [-0.1, -0.05) is 12.1 Å². The van der Waals surface area contributed by atoms with Crippen LogP contribution in [0.2, 0.25) is 0 Å². The summed E-state index contributed by atoms with van der Waals surface area (Å²) >= 11 is 0. The molecule has 1 fully saturated rings. The molecule has 1 aliphatic heterocycles. The highest BCUT2D eigenvalue weighted by atomic mass is 32.2. The van der Waals surface area contributed by atoms with Crippen LogP contribution < -0.4 is 5.14 Å². The van der Waals surface area contributed by atoms with Crippen molar-refractivity contribution in [3.8, 4) is 0 Å². The van der Waals surface area contributed by atoms with Gasteiger partial charge in [0.2, 0.25) is 15.9 Å². The van der Waals surface area contributed by atoms with E-state index in [0.29, 0.717) is 24.0 Å². The molecule has 1 unspecified atom stereocenters. The first-order valence-electron chi connectivity index (χ1n) is 6.44. The summed E-state index contributed by atoms with van der Waals surface area (Å²) in [6.07, 6.45) is 0.503. The van der Waals surface area contributed by atoms with Gasteiger partial charge in [0.05, 0.1) is 0 Å². The molecule has 8 nitrogen and oxygen atoms in total. The second kappa shape index (κ2) is 5.08. The van der Waals surface area contributed by atoms with Crippen LogP contribution in [0, 0.1) is 0 Å². The Kier molecular flexibility index (Phi) is 3.38. The van der Waals surface area contributed by atoms with Crippen LogP contribution in [-0.2, 0) is 21.2 Å². The Morgan fingerprint density at radius 1 is 1.38 bits per heavy atom. The number of likely N-dealkylation sites (tertiary alicyclic amines) is 1. The third kappa shape index (κ3) is 2.74. The minimum atomic E-state index is -3.68. The van der Waals surface area contributed by atoms with Gasteiger partial charge in [-0.05, 0) is 28.4 Å². The van der Waals surface area contributed by atoms with Gasteiger partial charge < -0.3 is 4.90 Å². The average molecular weight is 310 g/mol. The number of benzene rings is 1. The van der Waals surface area contributed by atoms with Crippen molar-refractivity contribution in [3.63, 3.8) is 0 Å². The van der Waals surface area contributed by atoms with Gasteiger partial charge in [0.25, 0.3) is 0 Å². The van der Waals surface area contributed by atoms with E-state index in [2.05, 4.69) is 14.9 Å². The number of carbonyl (C=O) groups is 1.